The Labute approximate surface area is 118 Å². The zero-order valence-corrected chi connectivity index (χ0v) is 11.7. The third kappa shape index (κ3) is 2.33. The second-order valence-corrected chi connectivity index (χ2v) is 5.85. The van der Waals surface area contributed by atoms with E-state index in [1.807, 2.05) is 19.1 Å². The summed E-state index contributed by atoms with van der Waals surface area (Å²) in [6.07, 6.45) is 1.96. The van der Waals surface area contributed by atoms with Crippen LogP contribution in [0.4, 0.5) is 17.1 Å². The van der Waals surface area contributed by atoms with Crippen LogP contribution in [0.25, 0.3) is 0 Å². The molecule has 2 aliphatic rings. The molecule has 1 amide bonds. The Balaban J connectivity index is 1.87. The zero-order valence-electron chi connectivity index (χ0n) is 11.7. The first-order chi connectivity index (χ1) is 9.54. The number of aliphatic hydroxyl groups excluding tert-OH is 1. The molecule has 2 unspecified atom stereocenters. The number of amides is 1. The first kappa shape index (κ1) is 13.2. The number of nitrogen functional groups attached to an aromatic ring is 1. The molecule has 0 spiro atoms. The number of hydrogen-bond donors (Lipinski definition) is 3. The minimum atomic E-state index is -0.293. The van der Waals surface area contributed by atoms with Gasteiger partial charge in [0.05, 0.1) is 17.5 Å². The Morgan fingerprint density at radius 2 is 2.25 bits per heavy atom. The van der Waals surface area contributed by atoms with Crippen molar-refractivity contribution in [2.45, 2.75) is 32.3 Å². The van der Waals surface area contributed by atoms with E-state index in [2.05, 4.69) is 10.2 Å². The lowest BCUT2D eigenvalue weighted by Crippen LogP contribution is -2.25. The molecule has 2 aliphatic heterocycles. The number of fused-ring (bicyclic) bond motifs is 1. The van der Waals surface area contributed by atoms with Gasteiger partial charge in [0.2, 0.25) is 5.91 Å². The van der Waals surface area contributed by atoms with Crippen LogP contribution in [0.5, 0.6) is 0 Å². The van der Waals surface area contributed by atoms with Gasteiger partial charge in [-0.1, -0.05) is 0 Å². The molecule has 0 aliphatic carbocycles. The van der Waals surface area contributed by atoms with Crippen LogP contribution in [0.3, 0.4) is 0 Å². The summed E-state index contributed by atoms with van der Waals surface area (Å²) in [4.78, 5) is 13.7. The van der Waals surface area contributed by atoms with Crippen LogP contribution in [-0.2, 0) is 11.2 Å². The van der Waals surface area contributed by atoms with E-state index in [1.54, 1.807) is 0 Å². The van der Waals surface area contributed by atoms with E-state index in [0.717, 1.165) is 48.6 Å². The van der Waals surface area contributed by atoms with Crippen molar-refractivity contribution in [1.29, 1.82) is 0 Å². The summed E-state index contributed by atoms with van der Waals surface area (Å²) in [5, 5.41) is 12.6. The largest absolute Gasteiger partial charge is 0.397 e. The normalized spacial score (nSPS) is 23.4. The van der Waals surface area contributed by atoms with Crippen LogP contribution in [0.2, 0.25) is 0 Å². The summed E-state index contributed by atoms with van der Waals surface area (Å²) in [6.45, 7) is 3.55. The summed E-state index contributed by atoms with van der Waals surface area (Å²) in [5.74, 6) is 0.358. The van der Waals surface area contributed by atoms with Crippen molar-refractivity contribution in [3.63, 3.8) is 0 Å². The first-order valence-electron chi connectivity index (χ1n) is 7.20. The lowest BCUT2D eigenvalue weighted by molar-refractivity contribution is -0.116. The van der Waals surface area contributed by atoms with Crippen molar-refractivity contribution in [1.82, 2.24) is 0 Å². The van der Waals surface area contributed by atoms with Crippen molar-refractivity contribution in [2.24, 2.45) is 5.92 Å². The maximum Gasteiger partial charge on any atom is 0.224 e. The Morgan fingerprint density at radius 1 is 1.45 bits per heavy atom. The average molecular weight is 275 g/mol. The second kappa shape index (κ2) is 4.98. The zero-order chi connectivity index (χ0) is 14.3. The molecule has 0 bridgehead atoms. The molecule has 5 heteroatoms. The number of nitrogens with zero attached hydrogens (tertiary/aromatic N) is 1. The van der Waals surface area contributed by atoms with Gasteiger partial charge in [-0.15, -0.1) is 0 Å². The number of carbonyl (C=O) groups is 1. The van der Waals surface area contributed by atoms with Gasteiger partial charge in [-0.2, -0.15) is 0 Å². The van der Waals surface area contributed by atoms with Gasteiger partial charge in [-0.25, -0.2) is 0 Å². The molecule has 5 nitrogen and oxygen atoms in total. The summed E-state index contributed by atoms with van der Waals surface area (Å²) in [5.41, 5.74) is 9.88. The molecule has 108 valence electrons. The molecule has 3 rings (SSSR count). The molecule has 1 aromatic carbocycles. The van der Waals surface area contributed by atoms with E-state index in [1.165, 1.54) is 0 Å². The maximum absolute atomic E-state index is 11.5. The molecule has 2 heterocycles. The molecule has 20 heavy (non-hydrogen) atoms. The van der Waals surface area contributed by atoms with E-state index < -0.39 is 0 Å². The number of benzene rings is 1. The minimum Gasteiger partial charge on any atom is -0.397 e. The Bertz CT molecular complexity index is 542. The van der Waals surface area contributed by atoms with Gasteiger partial charge >= 0.3 is 0 Å². The van der Waals surface area contributed by atoms with Gasteiger partial charge in [0.25, 0.3) is 0 Å². The Hall–Kier alpha value is -1.75. The van der Waals surface area contributed by atoms with Crippen molar-refractivity contribution in [3.05, 3.63) is 17.7 Å². The molecule has 2 atom stereocenters. The molecule has 0 saturated carbocycles. The fourth-order valence-corrected chi connectivity index (χ4v) is 3.11. The number of rotatable bonds is 2. The molecule has 1 saturated heterocycles. The van der Waals surface area contributed by atoms with Crippen LogP contribution in [-0.4, -0.2) is 30.2 Å². The van der Waals surface area contributed by atoms with E-state index >= 15 is 0 Å². The van der Waals surface area contributed by atoms with Crippen molar-refractivity contribution >= 4 is 23.0 Å². The second-order valence-electron chi connectivity index (χ2n) is 5.85. The number of hydrogen-bond acceptors (Lipinski definition) is 4. The van der Waals surface area contributed by atoms with E-state index in [-0.39, 0.29) is 12.0 Å². The number of anilines is 3. The maximum atomic E-state index is 11.5. The third-order valence-corrected chi connectivity index (χ3v) is 4.40. The topological polar surface area (TPSA) is 78.6 Å². The van der Waals surface area contributed by atoms with Crippen molar-refractivity contribution < 1.29 is 9.90 Å². The summed E-state index contributed by atoms with van der Waals surface area (Å²) in [6, 6.07) is 3.95. The quantitative estimate of drug-likeness (QED) is 0.712. The molecule has 1 aromatic rings. The molecule has 1 fully saturated rings. The highest BCUT2D eigenvalue weighted by atomic mass is 16.3. The van der Waals surface area contributed by atoms with Crippen molar-refractivity contribution in [3.8, 4) is 0 Å². The van der Waals surface area contributed by atoms with Gasteiger partial charge in [0.1, 0.15) is 0 Å². The van der Waals surface area contributed by atoms with Crippen LogP contribution in [0.1, 0.15) is 25.3 Å². The standard InChI is InChI=1S/C15H21N3O2/c1-9(19)11-4-5-18(8-11)14-7-13-10(6-12(14)16)2-3-15(20)17-13/h6-7,9,11,19H,2-5,8,16H2,1H3,(H,17,20). The number of nitrogens with two attached hydrogens (primary N) is 1. The number of nitrogens with one attached hydrogen (secondary N) is 1. The molecule has 4 N–H and O–H groups in total. The van der Waals surface area contributed by atoms with Crippen LogP contribution < -0.4 is 16.0 Å². The van der Waals surface area contributed by atoms with Gasteiger partial charge in [-0.05, 0) is 37.5 Å². The number of carbonyl (C=O) groups excluding carboxylic acids is 1. The SMILES string of the molecule is CC(O)C1CCN(c2cc3c(cc2N)CCC(=O)N3)C1. The molecule has 0 radical (unpaired) electrons. The monoisotopic (exact) mass is 275 g/mol. The van der Waals surface area contributed by atoms with E-state index in [0.29, 0.717) is 12.3 Å². The highest BCUT2D eigenvalue weighted by molar-refractivity contribution is 5.95. The predicted molar refractivity (Wildman–Crippen MR) is 79.8 cm³/mol. The molecular weight excluding hydrogens is 254 g/mol. The predicted octanol–water partition coefficient (Wildman–Crippen LogP) is 1.36. The van der Waals surface area contributed by atoms with Crippen LogP contribution >= 0.6 is 0 Å². The van der Waals surface area contributed by atoms with Crippen molar-refractivity contribution in [2.75, 3.05) is 29.0 Å². The third-order valence-electron chi connectivity index (χ3n) is 4.40. The van der Waals surface area contributed by atoms with E-state index in [4.69, 9.17) is 5.73 Å². The summed E-state index contributed by atoms with van der Waals surface area (Å²) < 4.78 is 0. The van der Waals surface area contributed by atoms with Gasteiger partial charge in [0.15, 0.2) is 0 Å². The fourth-order valence-electron chi connectivity index (χ4n) is 3.11. The summed E-state index contributed by atoms with van der Waals surface area (Å²) >= 11 is 0. The smallest absolute Gasteiger partial charge is 0.224 e. The van der Waals surface area contributed by atoms with Crippen LogP contribution in [0.15, 0.2) is 12.1 Å². The highest BCUT2D eigenvalue weighted by Gasteiger charge is 2.28. The molecular formula is C15H21N3O2. The Kier molecular flexibility index (Phi) is 3.30. The number of aliphatic hydroxyl groups is 1. The minimum absolute atomic E-state index is 0.0662. The lowest BCUT2D eigenvalue weighted by Gasteiger charge is -2.25. The fraction of sp³-hybridized carbons (Fsp3) is 0.533. The van der Waals surface area contributed by atoms with Gasteiger partial charge in [-0.3, -0.25) is 4.79 Å². The van der Waals surface area contributed by atoms with Gasteiger partial charge < -0.3 is 21.1 Å². The Morgan fingerprint density at radius 3 is 2.95 bits per heavy atom. The molecule has 0 aromatic heterocycles. The van der Waals surface area contributed by atoms with Crippen LogP contribution in [0, 0.1) is 5.92 Å². The van der Waals surface area contributed by atoms with E-state index in [9.17, 15) is 9.90 Å². The number of aryl methyl sites for hydroxylation is 1. The average Bonchev–Trinajstić information content (AvgIpc) is 2.88. The summed E-state index contributed by atoms with van der Waals surface area (Å²) in [7, 11) is 0. The lowest BCUT2D eigenvalue weighted by atomic mass is 10.0. The van der Waals surface area contributed by atoms with Gasteiger partial charge in [0, 0.05) is 31.1 Å². The highest BCUT2D eigenvalue weighted by Crippen LogP contribution is 2.36. The first-order valence-corrected chi connectivity index (χ1v) is 7.20.